The SMILES string of the molecule is O=C1C=C/C(=C\c2c(O)n(-c3ccc(I)cc3)[nH]c2=O)c2ccccc21. The Balaban J connectivity index is 1.84. The number of aromatic nitrogens is 2. The molecule has 3 aromatic rings. The molecule has 6 heteroatoms. The van der Waals surface area contributed by atoms with Crippen LogP contribution in [0.1, 0.15) is 21.5 Å². The molecule has 1 aromatic heterocycles. The van der Waals surface area contributed by atoms with Gasteiger partial charge in [-0.1, -0.05) is 30.3 Å². The van der Waals surface area contributed by atoms with Crippen molar-refractivity contribution in [3.8, 4) is 11.6 Å². The van der Waals surface area contributed by atoms with Crippen molar-refractivity contribution in [2.45, 2.75) is 0 Å². The quantitative estimate of drug-likeness (QED) is 0.577. The minimum Gasteiger partial charge on any atom is -0.493 e. The third-order valence-corrected chi connectivity index (χ3v) is 4.93. The monoisotopic (exact) mass is 456 g/mol. The van der Waals surface area contributed by atoms with Crippen LogP contribution in [0.3, 0.4) is 0 Å². The maximum Gasteiger partial charge on any atom is 0.275 e. The topological polar surface area (TPSA) is 75.1 Å². The molecule has 0 saturated carbocycles. The molecule has 128 valence electrons. The number of H-pyrrole nitrogens is 1. The second-order valence-electron chi connectivity index (χ2n) is 5.83. The van der Waals surface area contributed by atoms with E-state index in [2.05, 4.69) is 27.7 Å². The highest BCUT2D eigenvalue weighted by Crippen LogP contribution is 2.29. The lowest BCUT2D eigenvalue weighted by atomic mass is 9.91. The summed E-state index contributed by atoms with van der Waals surface area (Å²) >= 11 is 2.19. The summed E-state index contributed by atoms with van der Waals surface area (Å²) in [4.78, 5) is 24.4. The molecule has 0 radical (unpaired) electrons. The highest BCUT2D eigenvalue weighted by molar-refractivity contribution is 14.1. The number of fused-ring (bicyclic) bond motifs is 1. The second-order valence-corrected chi connectivity index (χ2v) is 7.08. The highest BCUT2D eigenvalue weighted by atomic mass is 127. The van der Waals surface area contributed by atoms with Crippen LogP contribution in [0.5, 0.6) is 5.88 Å². The van der Waals surface area contributed by atoms with Crippen LogP contribution in [0.4, 0.5) is 0 Å². The van der Waals surface area contributed by atoms with E-state index >= 15 is 0 Å². The van der Waals surface area contributed by atoms with Gasteiger partial charge in [-0.15, -0.1) is 0 Å². The summed E-state index contributed by atoms with van der Waals surface area (Å²) in [5.74, 6) is -0.251. The molecule has 0 bridgehead atoms. The van der Waals surface area contributed by atoms with Crippen molar-refractivity contribution in [2.24, 2.45) is 0 Å². The number of ketones is 1. The summed E-state index contributed by atoms with van der Waals surface area (Å²) in [7, 11) is 0. The second kappa shape index (κ2) is 6.45. The number of aromatic amines is 1. The van der Waals surface area contributed by atoms with Crippen molar-refractivity contribution in [3.05, 3.63) is 91.3 Å². The van der Waals surface area contributed by atoms with Crippen LogP contribution in [-0.2, 0) is 0 Å². The van der Waals surface area contributed by atoms with Crippen LogP contribution in [0.15, 0.2) is 65.5 Å². The van der Waals surface area contributed by atoms with E-state index < -0.39 is 5.56 Å². The molecule has 2 aromatic carbocycles. The fourth-order valence-corrected chi connectivity index (χ4v) is 3.28. The molecular formula is C20H13IN2O3. The van der Waals surface area contributed by atoms with Gasteiger partial charge in [-0.2, -0.15) is 0 Å². The van der Waals surface area contributed by atoms with E-state index in [1.165, 1.54) is 10.8 Å². The molecule has 1 aliphatic rings. The lowest BCUT2D eigenvalue weighted by Gasteiger charge is -2.12. The number of allylic oxidation sites excluding steroid dienone is 3. The van der Waals surface area contributed by atoms with Gasteiger partial charge in [0.25, 0.3) is 5.56 Å². The number of hydrogen-bond donors (Lipinski definition) is 2. The number of aromatic hydroxyl groups is 1. The maximum absolute atomic E-state index is 12.4. The third-order valence-electron chi connectivity index (χ3n) is 4.21. The van der Waals surface area contributed by atoms with Gasteiger partial charge in [0, 0.05) is 9.13 Å². The van der Waals surface area contributed by atoms with E-state index in [1.807, 2.05) is 36.4 Å². The summed E-state index contributed by atoms with van der Waals surface area (Å²) in [5, 5.41) is 13.2. The first kappa shape index (κ1) is 16.6. The lowest BCUT2D eigenvalue weighted by molar-refractivity contribution is 0.104. The molecule has 5 nitrogen and oxygen atoms in total. The molecular weight excluding hydrogens is 443 g/mol. The molecule has 0 fully saturated rings. The standard InChI is InChI=1S/C20H13IN2O3/c21-13-6-8-14(9-7-13)23-20(26)17(19(25)22-23)11-12-5-10-18(24)16-4-2-1-3-15(12)16/h1-11,26H,(H,22,25)/b12-11+. The minimum atomic E-state index is -0.406. The Bertz CT molecular complexity index is 1130. The number of carbonyl (C=O) groups excluding carboxylic acids is 1. The zero-order valence-electron chi connectivity index (χ0n) is 13.4. The van der Waals surface area contributed by atoms with E-state index in [0.717, 1.165) is 9.13 Å². The van der Waals surface area contributed by atoms with Crippen molar-refractivity contribution in [1.29, 1.82) is 0 Å². The van der Waals surface area contributed by atoms with Crippen LogP contribution in [0, 0.1) is 3.57 Å². The van der Waals surface area contributed by atoms with Crippen molar-refractivity contribution < 1.29 is 9.90 Å². The first-order chi connectivity index (χ1) is 12.5. The summed E-state index contributed by atoms with van der Waals surface area (Å²) in [6, 6.07) is 14.6. The van der Waals surface area contributed by atoms with Crippen molar-refractivity contribution >= 4 is 40.0 Å². The number of nitrogens with one attached hydrogen (secondary N) is 1. The van der Waals surface area contributed by atoms with Gasteiger partial charge in [-0.25, -0.2) is 4.68 Å². The number of carbonyl (C=O) groups is 1. The van der Waals surface area contributed by atoms with Gasteiger partial charge in [0.1, 0.15) is 5.56 Å². The zero-order valence-corrected chi connectivity index (χ0v) is 15.6. The van der Waals surface area contributed by atoms with Crippen LogP contribution in [0.25, 0.3) is 17.3 Å². The molecule has 0 saturated heterocycles. The van der Waals surface area contributed by atoms with E-state index in [9.17, 15) is 14.7 Å². The Labute approximate surface area is 162 Å². The molecule has 26 heavy (non-hydrogen) atoms. The van der Waals surface area contributed by atoms with Gasteiger partial charge >= 0.3 is 0 Å². The number of benzene rings is 2. The Kier molecular flexibility index (Phi) is 4.12. The molecule has 0 aliphatic heterocycles. The van der Waals surface area contributed by atoms with Crippen molar-refractivity contribution in [3.63, 3.8) is 0 Å². The van der Waals surface area contributed by atoms with Crippen LogP contribution >= 0.6 is 22.6 Å². The Morgan fingerprint density at radius 2 is 1.65 bits per heavy atom. The maximum atomic E-state index is 12.4. The molecule has 1 heterocycles. The van der Waals surface area contributed by atoms with Crippen LogP contribution < -0.4 is 5.56 Å². The molecule has 0 spiro atoms. The Morgan fingerprint density at radius 1 is 0.962 bits per heavy atom. The van der Waals surface area contributed by atoms with Crippen molar-refractivity contribution in [1.82, 2.24) is 9.78 Å². The Hall–Kier alpha value is -2.87. The largest absolute Gasteiger partial charge is 0.493 e. The van der Waals surface area contributed by atoms with Gasteiger partial charge in [0.15, 0.2) is 5.78 Å². The molecule has 2 N–H and O–H groups in total. The third kappa shape index (κ3) is 2.82. The number of rotatable bonds is 2. The summed E-state index contributed by atoms with van der Waals surface area (Å²) in [6.07, 6.45) is 4.72. The zero-order chi connectivity index (χ0) is 18.3. The molecule has 1 aliphatic carbocycles. The molecule has 4 rings (SSSR count). The Morgan fingerprint density at radius 3 is 2.38 bits per heavy atom. The number of nitrogens with zero attached hydrogens (tertiary/aromatic N) is 1. The van der Waals surface area contributed by atoms with Gasteiger partial charge in [-0.05, 0) is 70.1 Å². The average Bonchev–Trinajstić information content (AvgIpc) is 2.93. The predicted octanol–water partition coefficient (Wildman–Crippen LogP) is 3.77. The van der Waals surface area contributed by atoms with E-state index in [4.69, 9.17) is 0 Å². The normalized spacial score (nSPS) is 14.7. The smallest absolute Gasteiger partial charge is 0.275 e. The van der Waals surface area contributed by atoms with Gasteiger partial charge in [0.2, 0.25) is 5.88 Å². The van der Waals surface area contributed by atoms with E-state index in [-0.39, 0.29) is 17.2 Å². The molecule has 0 atom stereocenters. The highest BCUT2D eigenvalue weighted by Gasteiger charge is 2.18. The molecule has 0 amide bonds. The number of halogens is 1. The van der Waals surface area contributed by atoms with Crippen molar-refractivity contribution in [2.75, 3.05) is 0 Å². The van der Waals surface area contributed by atoms with Crippen LogP contribution in [0.2, 0.25) is 0 Å². The summed E-state index contributed by atoms with van der Waals surface area (Å²) < 4.78 is 2.39. The van der Waals surface area contributed by atoms with Gasteiger partial charge < -0.3 is 5.11 Å². The summed E-state index contributed by atoms with van der Waals surface area (Å²) in [5.41, 5.74) is 2.40. The fraction of sp³-hybridized carbons (Fsp3) is 0. The first-order valence-electron chi connectivity index (χ1n) is 7.88. The van der Waals surface area contributed by atoms with E-state index in [0.29, 0.717) is 16.8 Å². The van der Waals surface area contributed by atoms with E-state index in [1.54, 1.807) is 24.3 Å². The summed E-state index contributed by atoms with van der Waals surface area (Å²) in [6.45, 7) is 0. The van der Waals surface area contributed by atoms with Crippen LogP contribution in [-0.4, -0.2) is 20.7 Å². The fourth-order valence-electron chi connectivity index (χ4n) is 2.92. The number of hydrogen-bond acceptors (Lipinski definition) is 3. The lowest BCUT2D eigenvalue weighted by Crippen LogP contribution is -2.07. The van der Waals surface area contributed by atoms with Gasteiger partial charge in [0.05, 0.1) is 5.69 Å². The predicted molar refractivity (Wildman–Crippen MR) is 109 cm³/mol. The first-order valence-corrected chi connectivity index (χ1v) is 8.96. The average molecular weight is 456 g/mol. The molecule has 0 unspecified atom stereocenters. The van der Waals surface area contributed by atoms with Gasteiger partial charge in [-0.3, -0.25) is 14.7 Å². The minimum absolute atomic E-state index is 0.0765.